The summed E-state index contributed by atoms with van der Waals surface area (Å²) in [5.41, 5.74) is 2.31. The van der Waals surface area contributed by atoms with Gasteiger partial charge in [0, 0.05) is 37.9 Å². The van der Waals surface area contributed by atoms with Crippen LogP contribution in [0, 0.1) is 5.92 Å². The van der Waals surface area contributed by atoms with Crippen LogP contribution in [0.4, 0.5) is 0 Å². The van der Waals surface area contributed by atoms with Gasteiger partial charge in [0.1, 0.15) is 11.3 Å². The van der Waals surface area contributed by atoms with Crippen LogP contribution in [0.3, 0.4) is 0 Å². The minimum atomic E-state index is -0.0283. The summed E-state index contributed by atoms with van der Waals surface area (Å²) in [5.74, 6) is 0.456. The zero-order valence-corrected chi connectivity index (χ0v) is 14.0. The quantitative estimate of drug-likeness (QED) is 0.774. The van der Waals surface area contributed by atoms with Crippen LogP contribution < -0.4 is 5.32 Å². The van der Waals surface area contributed by atoms with Crippen LogP contribution in [0.25, 0.3) is 5.65 Å². The van der Waals surface area contributed by atoms with Crippen molar-refractivity contribution < 1.29 is 4.79 Å². The first kappa shape index (κ1) is 15.8. The fourth-order valence-electron chi connectivity index (χ4n) is 3.31. The predicted octanol–water partition coefficient (Wildman–Crippen LogP) is 1.98. The summed E-state index contributed by atoms with van der Waals surface area (Å²) in [6.45, 7) is 3.27. The van der Waals surface area contributed by atoms with E-state index in [4.69, 9.17) is 0 Å². The molecule has 0 saturated carbocycles. The molecule has 0 aromatic carbocycles. The SMILES string of the molecule is O=C(c1cn2ccccc2n1)N(Cc1cccnc1)CC1CCNC1. The van der Waals surface area contributed by atoms with E-state index in [2.05, 4.69) is 15.3 Å². The lowest BCUT2D eigenvalue weighted by molar-refractivity contribution is 0.0713. The standard InChI is InChI=1S/C19H21N5O/c25-19(17-14-23-9-2-1-5-18(23)22-17)24(13-16-6-8-21-11-16)12-15-4-3-7-20-10-15/h1-5,7,9-10,14,16,21H,6,8,11-13H2. The van der Waals surface area contributed by atoms with Gasteiger partial charge in [-0.2, -0.15) is 0 Å². The molecule has 1 amide bonds. The third kappa shape index (κ3) is 3.53. The molecule has 25 heavy (non-hydrogen) atoms. The van der Waals surface area contributed by atoms with Crippen LogP contribution >= 0.6 is 0 Å². The normalized spacial score (nSPS) is 17.0. The van der Waals surface area contributed by atoms with E-state index in [1.807, 2.05) is 52.0 Å². The predicted molar refractivity (Wildman–Crippen MR) is 95.1 cm³/mol. The maximum atomic E-state index is 13.1. The van der Waals surface area contributed by atoms with Gasteiger partial charge in [0.15, 0.2) is 0 Å². The molecule has 0 aliphatic carbocycles. The highest BCUT2D eigenvalue weighted by atomic mass is 16.2. The van der Waals surface area contributed by atoms with Crippen LogP contribution in [-0.4, -0.2) is 44.8 Å². The van der Waals surface area contributed by atoms with E-state index in [0.717, 1.165) is 37.3 Å². The summed E-state index contributed by atoms with van der Waals surface area (Å²) >= 11 is 0. The molecule has 6 nitrogen and oxygen atoms in total. The fraction of sp³-hybridized carbons (Fsp3) is 0.316. The van der Waals surface area contributed by atoms with Crippen LogP contribution in [0.15, 0.2) is 55.1 Å². The Hall–Kier alpha value is -2.73. The lowest BCUT2D eigenvalue weighted by Gasteiger charge is -2.24. The third-order valence-electron chi connectivity index (χ3n) is 4.61. The van der Waals surface area contributed by atoms with Crippen molar-refractivity contribution in [3.63, 3.8) is 0 Å². The van der Waals surface area contributed by atoms with Crippen molar-refractivity contribution in [1.82, 2.24) is 24.6 Å². The number of hydrogen-bond donors (Lipinski definition) is 1. The average molecular weight is 335 g/mol. The van der Waals surface area contributed by atoms with E-state index >= 15 is 0 Å². The molecule has 1 aliphatic rings. The molecule has 1 unspecified atom stereocenters. The molecule has 1 N–H and O–H groups in total. The third-order valence-corrected chi connectivity index (χ3v) is 4.61. The number of amides is 1. The Labute approximate surface area is 146 Å². The second-order valence-electron chi connectivity index (χ2n) is 6.50. The number of aromatic nitrogens is 3. The molecule has 0 bridgehead atoms. The number of hydrogen-bond acceptors (Lipinski definition) is 4. The largest absolute Gasteiger partial charge is 0.333 e. The van der Waals surface area contributed by atoms with Gasteiger partial charge in [0.25, 0.3) is 5.91 Å². The Kier molecular flexibility index (Phi) is 4.43. The zero-order valence-electron chi connectivity index (χ0n) is 14.0. The highest BCUT2D eigenvalue weighted by molar-refractivity contribution is 5.92. The molecule has 128 valence electrons. The molecule has 1 aliphatic heterocycles. The Morgan fingerprint density at radius 1 is 1.32 bits per heavy atom. The number of fused-ring (bicyclic) bond motifs is 1. The van der Waals surface area contributed by atoms with E-state index in [1.54, 1.807) is 12.4 Å². The number of carbonyl (C=O) groups excluding carboxylic acids is 1. The Morgan fingerprint density at radius 3 is 3.04 bits per heavy atom. The number of imidazole rings is 1. The summed E-state index contributed by atoms with van der Waals surface area (Å²) < 4.78 is 1.88. The lowest BCUT2D eigenvalue weighted by Crippen LogP contribution is -2.36. The van der Waals surface area contributed by atoms with E-state index in [1.165, 1.54) is 0 Å². The van der Waals surface area contributed by atoms with Gasteiger partial charge >= 0.3 is 0 Å². The van der Waals surface area contributed by atoms with Crippen molar-refractivity contribution in [2.24, 2.45) is 5.92 Å². The van der Waals surface area contributed by atoms with Gasteiger partial charge in [-0.1, -0.05) is 12.1 Å². The Bertz CT molecular complexity index is 821. The number of pyridine rings is 2. The molecule has 4 rings (SSSR count). The summed E-state index contributed by atoms with van der Waals surface area (Å²) in [5, 5.41) is 3.37. The molecule has 0 radical (unpaired) electrons. The van der Waals surface area contributed by atoms with Gasteiger partial charge in [-0.05, 0) is 49.2 Å². The van der Waals surface area contributed by atoms with E-state index in [-0.39, 0.29) is 5.91 Å². The average Bonchev–Trinajstić information content (AvgIpc) is 3.30. The maximum absolute atomic E-state index is 13.1. The molecule has 4 heterocycles. The Morgan fingerprint density at radius 2 is 2.28 bits per heavy atom. The van der Waals surface area contributed by atoms with Gasteiger partial charge in [0.2, 0.25) is 0 Å². The number of rotatable bonds is 5. The number of nitrogens with zero attached hydrogens (tertiary/aromatic N) is 4. The summed E-state index contributed by atoms with van der Waals surface area (Å²) in [7, 11) is 0. The smallest absolute Gasteiger partial charge is 0.274 e. The zero-order chi connectivity index (χ0) is 17.1. The van der Waals surface area contributed by atoms with Gasteiger partial charge in [-0.25, -0.2) is 4.98 Å². The molecular weight excluding hydrogens is 314 g/mol. The lowest BCUT2D eigenvalue weighted by atomic mass is 10.1. The highest BCUT2D eigenvalue weighted by Crippen LogP contribution is 2.16. The molecule has 1 atom stereocenters. The molecular formula is C19H21N5O. The molecule has 1 saturated heterocycles. The van der Waals surface area contributed by atoms with Gasteiger partial charge < -0.3 is 14.6 Å². The first-order chi connectivity index (χ1) is 12.3. The summed E-state index contributed by atoms with van der Waals surface area (Å²) in [6.07, 6.45) is 8.38. The van der Waals surface area contributed by atoms with E-state index in [9.17, 15) is 4.79 Å². The monoisotopic (exact) mass is 335 g/mol. The first-order valence-electron chi connectivity index (χ1n) is 8.62. The number of carbonyl (C=O) groups is 1. The summed E-state index contributed by atoms with van der Waals surface area (Å²) in [6, 6.07) is 9.67. The van der Waals surface area contributed by atoms with E-state index < -0.39 is 0 Å². The van der Waals surface area contributed by atoms with Crippen LogP contribution in [0.1, 0.15) is 22.5 Å². The molecule has 3 aromatic rings. The molecule has 0 spiro atoms. The van der Waals surface area contributed by atoms with Gasteiger partial charge in [-0.15, -0.1) is 0 Å². The maximum Gasteiger partial charge on any atom is 0.274 e. The first-order valence-corrected chi connectivity index (χ1v) is 8.62. The highest BCUT2D eigenvalue weighted by Gasteiger charge is 2.24. The van der Waals surface area contributed by atoms with Gasteiger partial charge in [0.05, 0.1) is 0 Å². The minimum Gasteiger partial charge on any atom is -0.333 e. The second kappa shape index (κ2) is 7.03. The summed E-state index contributed by atoms with van der Waals surface area (Å²) in [4.78, 5) is 23.7. The van der Waals surface area contributed by atoms with Crippen molar-refractivity contribution in [2.75, 3.05) is 19.6 Å². The van der Waals surface area contributed by atoms with Crippen LogP contribution in [0.2, 0.25) is 0 Å². The van der Waals surface area contributed by atoms with Crippen molar-refractivity contribution in [3.8, 4) is 0 Å². The van der Waals surface area contributed by atoms with E-state index in [0.29, 0.717) is 18.2 Å². The van der Waals surface area contributed by atoms with Crippen molar-refractivity contribution in [2.45, 2.75) is 13.0 Å². The minimum absolute atomic E-state index is 0.0283. The fourth-order valence-corrected chi connectivity index (χ4v) is 3.31. The topological polar surface area (TPSA) is 62.5 Å². The molecule has 6 heteroatoms. The molecule has 1 fully saturated rings. The van der Waals surface area contributed by atoms with Crippen LogP contribution in [0.5, 0.6) is 0 Å². The van der Waals surface area contributed by atoms with Crippen LogP contribution in [-0.2, 0) is 6.54 Å². The second-order valence-corrected chi connectivity index (χ2v) is 6.50. The van der Waals surface area contributed by atoms with Crippen molar-refractivity contribution in [1.29, 1.82) is 0 Å². The van der Waals surface area contributed by atoms with Gasteiger partial charge in [-0.3, -0.25) is 9.78 Å². The molecule has 3 aromatic heterocycles. The Balaban J connectivity index is 1.59. The van der Waals surface area contributed by atoms with Crippen molar-refractivity contribution >= 4 is 11.6 Å². The van der Waals surface area contributed by atoms with Crippen molar-refractivity contribution in [3.05, 3.63) is 66.4 Å². The number of nitrogens with one attached hydrogen (secondary N) is 1.